The van der Waals surface area contributed by atoms with Gasteiger partial charge in [-0.1, -0.05) is 13.8 Å². The van der Waals surface area contributed by atoms with Gasteiger partial charge in [0.25, 0.3) is 0 Å². The average Bonchev–Trinajstić information content (AvgIpc) is 2.23. The van der Waals surface area contributed by atoms with Gasteiger partial charge in [-0.05, 0) is 58.7 Å². The lowest BCUT2D eigenvalue weighted by Gasteiger charge is -2.14. The average molecular weight is 319 g/mol. The van der Waals surface area contributed by atoms with Crippen LogP contribution in [-0.4, -0.2) is 11.7 Å². The second-order valence-corrected chi connectivity index (χ2v) is 5.57. The highest BCUT2D eigenvalue weighted by Gasteiger charge is 2.06. The summed E-state index contributed by atoms with van der Waals surface area (Å²) in [7, 11) is 0. The summed E-state index contributed by atoms with van der Waals surface area (Å²) in [4.78, 5) is 0. The first-order valence-electron chi connectivity index (χ1n) is 5.40. The van der Waals surface area contributed by atoms with E-state index in [2.05, 4.69) is 40.4 Å². The molecule has 0 bridgehead atoms. The van der Waals surface area contributed by atoms with Gasteiger partial charge >= 0.3 is 0 Å². The number of benzene rings is 1. The summed E-state index contributed by atoms with van der Waals surface area (Å²) in [5.41, 5.74) is 1.62. The van der Waals surface area contributed by atoms with E-state index >= 15 is 0 Å². The van der Waals surface area contributed by atoms with Gasteiger partial charge in [-0.3, -0.25) is 0 Å². The molecule has 0 amide bonds. The molecule has 0 aliphatic carbocycles. The molecule has 2 nitrogen and oxygen atoms in total. The van der Waals surface area contributed by atoms with Crippen molar-refractivity contribution in [1.82, 2.24) is 5.32 Å². The lowest BCUT2D eigenvalue weighted by atomic mass is 10.2. The molecule has 1 aromatic rings. The zero-order chi connectivity index (χ0) is 13.0. The van der Waals surface area contributed by atoms with Crippen LogP contribution in [0.1, 0.15) is 19.4 Å². The molecule has 1 rings (SSSR count). The Labute approximate surface area is 115 Å². The van der Waals surface area contributed by atoms with E-state index in [0.717, 1.165) is 17.8 Å². The molecule has 0 aliphatic rings. The zero-order valence-electron chi connectivity index (χ0n) is 10.1. The predicted molar refractivity (Wildman–Crippen MR) is 77.9 cm³/mol. The first-order chi connectivity index (χ1) is 7.90. The molecular weight excluding hydrogens is 303 g/mol. The quantitative estimate of drug-likeness (QED) is 0.828. The van der Waals surface area contributed by atoms with Crippen LogP contribution in [0.2, 0.25) is 0 Å². The molecule has 0 unspecified atom stereocenters. The summed E-state index contributed by atoms with van der Waals surface area (Å²) in [5.74, 6) is 0.255. The topological polar surface area (TPSA) is 24.1 Å². The molecule has 0 heterocycles. The van der Waals surface area contributed by atoms with Gasteiger partial charge in [-0.15, -0.1) is 0 Å². The third-order valence-corrected chi connectivity index (χ3v) is 3.04. The maximum Gasteiger partial charge on any atom is 0.170 e. The van der Waals surface area contributed by atoms with E-state index in [1.54, 1.807) is 6.07 Å². The maximum absolute atomic E-state index is 13.2. The van der Waals surface area contributed by atoms with Gasteiger partial charge in [0.15, 0.2) is 5.11 Å². The highest BCUT2D eigenvalue weighted by Crippen LogP contribution is 2.24. The first kappa shape index (κ1) is 14.4. The van der Waals surface area contributed by atoms with Crippen molar-refractivity contribution < 1.29 is 4.39 Å². The fourth-order valence-electron chi connectivity index (χ4n) is 1.24. The molecule has 0 fully saturated rings. The number of anilines is 1. The minimum absolute atomic E-state index is 0.269. The lowest BCUT2D eigenvalue weighted by Crippen LogP contribution is -2.31. The summed E-state index contributed by atoms with van der Waals surface area (Å²) in [6.07, 6.45) is 0. The molecule has 0 atom stereocenters. The minimum atomic E-state index is -0.269. The van der Waals surface area contributed by atoms with Gasteiger partial charge in [0.05, 0.1) is 4.47 Å². The van der Waals surface area contributed by atoms with Crippen LogP contribution in [0.4, 0.5) is 10.1 Å². The van der Waals surface area contributed by atoms with Crippen molar-refractivity contribution >= 4 is 38.9 Å². The number of hydrogen-bond donors (Lipinski definition) is 2. The van der Waals surface area contributed by atoms with Crippen molar-refractivity contribution in [2.45, 2.75) is 20.8 Å². The Kier molecular flexibility index (Phi) is 5.33. The molecule has 0 saturated carbocycles. The normalized spacial score (nSPS) is 10.5. The lowest BCUT2D eigenvalue weighted by molar-refractivity contribution is 0.620. The predicted octanol–water partition coefficient (Wildman–Crippen LogP) is 3.84. The summed E-state index contributed by atoms with van der Waals surface area (Å²) in [5, 5.41) is 6.72. The van der Waals surface area contributed by atoms with Crippen LogP contribution < -0.4 is 10.6 Å². The van der Waals surface area contributed by atoms with Crippen LogP contribution >= 0.6 is 28.1 Å². The Morgan fingerprint density at radius 1 is 1.47 bits per heavy atom. The molecule has 0 radical (unpaired) electrons. The van der Waals surface area contributed by atoms with Gasteiger partial charge < -0.3 is 10.6 Å². The first-order valence-corrected chi connectivity index (χ1v) is 6.60. The molecule has 1 aromatic carbocycles. The molecule has 2 N–H and O–H groups in total. The largest absolute Gasteiger partial charge is 0.362 e. The zero-order valence-corrected chi connectivity index (χ0v) is 12.5. The third-order valence-electron chi connectivity index (χ3n) is 2.19. The van der Waals surface area contributed by atoms with Crippen LogP contribution in [0, 0.1) is 18.7 Å². The Bertz CT molecular complexity index is 421. The van der Waals surface area contributed by atoms with Crippen LogP contribution in [-0.2, 0) is 0 Å². The van der Waals surface area contributed by atoms with E-state index < -0.39 is 0 Å². The highest BCUT2D eigenvalue weighted by atomic mass is 79.9. The fraction of sp³-hybridized carbons (Fsp3) is 0.417. The summed E-state index contributed by atoms with van der Waals surface area (Å²) in [6, 6.07) is 3.16. The molecule has 0 aliphatic heterocycles. The third kappa shape index (κ3) is 4.60. The number of hydrogen-bond acceptors (Lipinski definition) is 1. The Morgan fingerprint density at radius 3 is 2.71 bits per heavy atom. The monoisotopic (exact) mass is 318 g/mol. The second-order valence-electron chi connectivity index (χ2n) is 4.31. The van der Waals surface area contributed by atoms with Gasteiger partial charge in [0.2, 0.25) is 0 Å². The molecule has 5 heteroatoms. The fourth-order valence-corrected chi connectivity index (χ4v) is 1.78. The summed E-state index contributed by atoms with van der Waals surface area (Å²) in [6.45, 7) is 6.86. The molecule has 17 heavy (non-hydrogen) atoms. The Hall–Kier alpha value is -0.680. The van der Waals surface area contributed by atoms with Crippen LogP contribution in [0.25, 0.3) is 0 Å². The van der Waals surface area contributed by atoms with Crippen molar-refractivity contribution in [2.24, 2.45) is 5.92 Å². The SMILES string of the molecule is Cc1cc(F)c(Br)cc1NC(=S)NCC(C)C. The molecule has 0 saturated heterocycles. The van der Waals surface area contributed by atoms with Crippen LogP contribution in [0.15, 0.2) is 16.6 Å². The van der Waals surface area contributed by atoms with Gasteiger partial charge in [-0.25, -0.2) is 4.39 Å². The van der Waals surface area contributed by atoms with Crippen molar-refractivity contribution in [3.05, 3.63) is 28.0 Å². The van der Waals surface area contributed by atoms with E-state index in [1.165, 1.54) is 6.07 Å². The van der Waals surface area contributed by atoms with Crippen LogP contribution in [0.5, 0.6) is 0 Å². The van der Waals surface area contributed by atoms with E-state index in [1.807, 2.05) is 6.92 Å². The smallest absolute Gasteiger partial charge is 0.170 e. The Morgan fingerprint density at radius 2 is 2.12 bits per heavy atom. The van der Waals surface area contributed by atoms with Crippen molar-refractivity contribution in [3.8, 4) is 0 Å². The van der Waals surface area contributed by atoms with Crippen LogP contribution in [0.3, 0.4) is 0 Å². The summed E-state index contributed by atoms with van der Waals surface area (Å²) >= 11 is 8.31. The number of halogens is 2. The number of nitrogens with one attached hydrogen (secondary N) is 2. The van der Waals surface area contributed by atoms with Gasteiger partial charge in [0.1, 0.15) is 5.82 Å². The second kappa shape index (κ2) is 6.31. The van der Waals surface area contributed by atoms with Crippen molar-refractivity contribution in [1.29, 1.82) is 0 Å². The standard InChI is InChI=1S/C12H16BrFN2S/c1-7(2)6-15-12(17)16-11-5-9(13)10(14)4-8(11)3/h4-5,7H,6H2,1-3H3,(H2,15,16,17). The van der Waals surface area contributed by atoms with E-state index in [0.29, 0.717) is 15.5 Å². The molecule has 94 valence electrons. The number of rotatable bonds is 3. The van der Waals surface area contributed by atoms with Gasteiger partial charge in [0, 0.05) is 12.2 Å². The van der Waals surface area contributed by atoms with Crippen molar-refractivity contribution in [3.63, 3.8) is 0 Å². The van der Waals surface area contributed by atoms with Gasteiger partial charge in [-0.2, -0.15) is 0 Å². The maximum atomic E-state index is 13.2. The minimum Gasteiger partial charge on any atom is -0.362 e. The number of aryl methyl sites for hydroxylation is 1. The number of thiocarbonyl (C=S) groups is 1. The van der Waals surface area contributed by atoms with E-state index in [-0.39, 0.29) is 5.82 Å². The van der Waals surface area contributed by atoms with E-state index in [4.69, 9.17) is 12.2 Å². The van der Waals surface area contributed by atoms with E-state index in [9.17, 15) is 4.39 Å². The highest BCUT2D eigenvalue weighted by molar-refractivity contribution is 9.10. The van der Waals surface area contributed by atoms with Crippen molar-refractivity contribution in [2.75, 3.05) is 11.9 Å². The molecule has 0 aromatic heterocycles. The molecule has 0 spiro atoms. The summed E-state index contributed by atoms with van der Waals surface area (Å²) < 4.78 is 13.7. The molecular formula is C12H16BrFN2S. The Balaban J connectivity index is 2.68.